The summed E-state index contributed by atoms with van der Waals surface area (Å²) >= 11 is 0. The van der Waals surface area contributed by atoms with Crippen molar-refractivity contribution in [2.45, 2.75) is 77.4 Å². The van der Waals surface area contributed by atoms with Crippen LogP contribution in [-0.2, 0) is 4.74 Å². The first-order chi connectivity index (χ1) is 10.4. The van der Waals surface area contributed by atoms with Crippen molar-refractivity contribution in [3.63, 3.8) is 0 Å². The minimum absolute atomic E-state index is 0.283. The topological polar surface area (TPSA) is 50.4 Å². The van der Waals surface area contributed by atoms with E-state index in [0.717, 1.165) is 12.5 Å². The Labute approximate surface area is 134 Å². The number of hydrogen-bond donors (Lipinski definition) is 2. The first-order valence-electron chi connectivity index (χ1n) is 9.08. The molecule has 3 aliphatic rings. The molecule has 22 heavy (non-hydrogen) atoms. The number of ether oxygens (including phenoxy) is 1. The summed E-state index contributed by atoms with van der Waals surface area (Å²) in [5.41, 5.74) is 0.242. The Balaban J connectivity index is 1.40. The number of carbonyl (C=O) groups is 1. The summed E-state index contributed by atoms with van der Waals surface area (Å²) < 4.78 is 5.33. The maximum atomic E-state index is 11.8. The van der Waals surface area contributed by atoms with Gasteiger partial charge in [-0.1, -0.05) is 6.42 Å². The fraction of sp³-hybridized carbons (Fsp3) is 0.944. The molecule has 0 radical (unpaired) electrons. The molecule has 0 aromatic carbocycles. The lowest BCUT2D eigenvalue weighted by atomic mass is 9.98. The van der Waals surface area contributed by atoms with Crippen molar-refractivity contribution in [3.8, 4) is 0 Å². The maximum absolute atomic E-state index is 11.8. The Morgan fingerprint density at radius 2 is 1.91 bits per heavy atom. The van der Waals surface area contributed by atoms with Crippen molar-refractivity contribution >= 4 is 6.09 Å². The monoisotopic (exact) mass is 308 g/mol. The average Bonchev–Trinajstić information content (AvgIpc) is 3.30. The van der Waals surface area contributed by atoms with Gasteiger partial charge in [0, 0.05) is 19.1 Å². The van der Waals surface area contributed by atoms with E-state index in [-0.39, 0.29) is 6.09 Å². The lowest BCUT2D eigenvalue weighted by Crippen LogP contribution is -2.42. The summed E-state index contributed by atoms with van der Waals surface area (Å²) in [5.74, 6) is 1.57. The van der Waals surface area contributed by atoms with E-state index in [1.165, 1.54) is 51.5 Å². The normalized spacial score (nSPS) is 30.1. The Bertz CT molecular complexity index is 408. The number of hydrogen-bond acceptors (Lipinski definition) is 3. The lowest BCUT2D eigenvalue weighted by molar-refractivity contribution is 0.0517. The smallest absolute Gasteiger partial charge is 0.407 e. The Morgan fingerprint density at radius 3 is 2.50 bits per heavy atom. The van der Waals surface area contributed by atoms with Gasteiger partial charge in [-0.05, 0) is 76.5 Å². The van der Waals surface area contributed by atoms with Gasteiger partial charge in [0.2, 0.25) is 0 Å². The molecule has 4 nitrogen and oxygen atoms in total. The Hall–Kier alpha value is -0.770. The molecule has 0 saturated heterocycles. The van der Waals surface area contributed by atoms with Crippen LogP contribution in [0.15, 0.2) is 0 Å². The van der Waals surface area contributed by atoms with Crippen LogP contribution < -0.4 is 10.6 Å². The molecule has 0 bridgehead atoms. The third-order valence-electron chi connectivity index (χ3n) is 5.62. The summed E-state index contributed by atoms with van der Waals surface area (Å²) in [7, 11) is 0. The number of carbonyl (C=O) groups excluding carboxylic acids is 1. The number of rotatable bonds is 6. The predicted molar refractivity (Wildman–Crippen MR) is 87.8 cm³/mol. The zero-order valence-corrected chi connectivity index (χ0v) is 14.4. The lowest BCUT2D eigenvalue weighted by Gasteiger charge is -2.25. The van der Waals surface area contributed by atoms with Crippen molar-refractivity contribution in [1.29, 1.82) is 0 Å². The van der Waals surface area contributed by atoms with Crippen LogP contribution in [0.4, 0.5) is 4.79 Å². The van der Waals surface area contributed by atoms with Crippen LogP contribution in [0.25, 0.3) is 0 Å². The molecule has 3 aliphatic carbocycles. The van der Waals surface area contributed by atoms with E-state index in [2.05, 4.69) is 10.6 Å². The van der Waals surface area contributed by atoms with Crippen LogP contribution >= 0.6 is 0 Å². The molecule has 0 aliphatic heterocycles. The molecule has 0 heterocycles. The fourth-order valence-corrected chi connectivity index (χ4v) is 4.00. The highest BCUT2D eigenvalue weighted by molar-refractivity contribution is 5.67. The van der Waals surface area contributed by atoms with E-state index < -0.39 is 5.60 Å². The summed E-state index contributed by atoms with van der Waals surface area (Å²) in [5, 5.41) is 6.79. The zero-order chi connectivity index (χ0) is 15.8. The largest absolute Gasteiger partial charge is 0.444 e. The van der Waals surface area contributed by atoms with Gasteiger partial charge in [-0.3, -0.25) is 0 Å². The van der Waals surface area contributed by atoms with E-state index >= 15 is 0 Å². The molecule has 0 spiro atoms. The minimum Gasteiger partial charge on any atom is -0.444 e. The highest BCUT2D eigenvalue weighted by Gasteiger charge is 2.53. The van der Waals surface area contributed by atoms with Crippen LogP contribution in [0.1, 0.15) is 65.7 Å². The van der Waals surface area contributed by atoms with Gasteiger partial charge in [0.1, 0.15) is 5.60 Å². The number of alkyl carbamates (subject to hydrolysis) is 1. The van der Waals surface area contributed by atoms with Crippen LogP contribution in [0, 0.1) is 17.3 Å². The van der Waals surface area contributed by atoms with Crippen molar-refractivity contribution in [2.75, 3.05) is 13.1 Å². The van der Waals surface area contributed by atoms with Gasteiger partial charge in [0.05, 0.1) is 0 Å². The van der Waals surface area contributed by atoms with Crippen molar-refractivity contribution < 1.29 is 9.53 Å². The van der Waals surface area contributed by atoms with E-state index in [0.29, 0.717) is 17.4 Å². The highest BCUT2D eigenvalue weighted by atomic mass is 16.6. The molecule has 4 heteroatoms. The Kier molecular flexibility index (Phi) is 4.41. The van der Waals surface area contributed by atoms with Crippen LogP contribution in [0.3, 0.4) is 0 Å². The third kappa shape index (κ3) is 4.15. The zero-order valence-electron chi connectivity index (χ0n) is 14.4. The van der Waals surface area contributed by atoms with Crippen LogP contribution in [-0.4, -0.2) is 30.8 Å². The van der Waals surface area contributed by atoms with Gasteiger partial charge in [-0.2, -0.15) is 0 Å². The second kappa shape index (κ2) is 6.03. The molecule has 3 fully saturated rings. The molecule has 3 rings (SSSR count). The molecule has 2 N–H and O–H groups in total. The van der Waals surface area contributed by atoms with Gasteiger partial charge in [0.25, 0.3) is 0 Å². The van der Waals surface area contributed by atoms with Crippen molar-refractivity contribution in [3.05, 3.63) is 0 Å². The van der Waals surface area contributed by atoms with Gasteiger partial charge < -0.3 is 15.4 Å². The molecule has 0 aromatic rings. The number of nitrogens with one attached hydrogen (secondary N) is 2. The molecule has 2 unspecified atom stereocenters. The van der Waals surface area contributed by atoms with Crippen molar-refractivity contribution in [2.24, 2.45) is 17.3 Å². The van der Waals surface area contributed by atoms with E-state index in [9.17, 15) is 4.79 Å². The average molecular weight is 308 g/mol. The fourth-order valence-electron chi connectivity index (χ4n) is 4.00. The second-order valence-corrected chi connectivity index (χ2v) is 8.70. The third-order valence-corrected chi connectivity index (χ3v) is 5.62. The SMILES string of the molecule is CC(C)(C)OC(=O)NCC1CCCC1NCC1(C2CC2)CC1. The molecule has 0 aromatic heterocycles. The first-order valence-corrected chi connectivity index (χ1v) is 9.08. The predicted octanol–water partition coefficient (Wildman–Crippen LogP) is 3.46. The van der Waals surface area contributed by atoms with E-state index in [4.69, 9.17) is 4.74 Å². The Morgan fingerprint density at radius 1 is 1.18 bits per heavy atom. The quantitative estimate of drug-likeness (QED) is 0.790. The van der Waals surface area contributed by atoms with E-state index in [1.807, 2.05) is 20.8 Å². The highest BCUT2D eigenvalue weighted by Crippen LogP contribution is 2.60. The van der Waals surface area contributed by atoms with Crippen molar-refractivity contribution in [1.82, 2.24) is 10.6 Å². The number of amides is 1. The van der Waals surface area contributed by atoms with E-state index in [1.54, 1.807) is 0 Å². The summed E-state index contributed by atoms with van der Waals surface area (Å²) in [6.45, 7) is 7.65. The van der Waals surface area contributed by atoms with Gasteiger partial charge in [0.15, 0.2) is 0 Å². The van der Waals surface area contributed by atoms with Crippen LogP contribution in [0.2, 0.25) is 0 Å². The summed E-state index contributed by atoms with van der Waals surface area (Å²) in [6.07, 6.45) is 9.22. The molecule has 1 amide bonds. The molecule has 2 atom stereocenters. The molecular weight excluding hydrogens is 276 g/mol. The van der Waals surface area contributed by atoms with Gasteiger partial charge in [-0.15, -0.1) is 0 Å². The maximum Gasteiger partial charge on any atom is 0.407 e. The molecule has 3 saturated carbocycles. The first kappa shape index (κ1) is 16.1. The minimum atomic E-state index is -0.417. The summed E-state index contributed by atoms with van der Waals surface area (Å²) in [4.78, 5) is 11.8. The standard InChI is InChI=1S/C18H32N2O2/c1-17(2,3)22-16(21)19-11-13-5-4-6-15(13)20-12-18(9-10-18)14-7-8-14/h13-15,20H,4-12H2,1-3H3,(H,19,21). The summed E-state index contributed by atoms with van der Waals surface area (Å²) in [6, 6.07) is 0.575. The molecule has 126 valence electrons. The molecular formula is C18H32N2O2. The van der Waals surface area contributed by atoms with Crippen LogP contribution in [0.5, 0.6) is 0 Å². The second-order valence-electron chi connectivity index (χ2n) is 8.70. The van der Waals surface area contributed by atoms with Gasteiger partial charge >= 0.3 is 6.09 Å². The van der Waals surface area contributed by atoms with Gasteiger partial charge in [-0.25, -0.2) is 4.79 Å².